The first-order valence-electron chi connectivity index (χ1n) is 18.1. The van der Waals surface area contributed by atoms with E-state index in [0.29, 0.717) is 19.3 Å². The van der Waals surface area contributed by atoms with Crippen molar-refractivity contribution in [1.82, 2.24) is 36.1 Å². The fourth-order valence-electron chi connectivity index (χ4n) is 7.79. The third-order valence-corrected chi connectivity index (χ3v) is 10.7. The average molecular weight is 704 g/mol. The quantitative estimate of drug-likeness (QED) is 0.196. The Morgan fingerprint density at radius 1 is 1.00 bits per heavy atom. The molecule has 2 unspecified atom stereocenters. The summed E-state index contributed by atoms with van der Waals surface area (Å²) in [6.07, 6.45) is 8.73. The van der Waals surface area contributed by atoms with E-state index in [1.165, 1.54) is 12.4 Å². The molecule has 4 aliphatic rings. The third kappa shape index (κ3) is 8.34. The molecule has 1 saturated heterocycles. The number of nitrogens with one attached hydrogen (secondary N) is 5. The van der Waals surface area contributed by atoms with Gasteiger partial charge in [-0.1, -0.05) is 53.4 Å². The Labute approximate surface area is 291 Å². The minimum atomic E-state index is -3.12. The maximum Gasteiger partial charge on any atom is 0.289 e. The maximum atomic E-state index is 15.2. The number of nitrogens with zero attached hydrogens (tertiary/aromatic N) is 2. The number of H-pyrrole nitrogens is 1. The lowest BCUT2D eigenvalue weighted by Crippen LogP contribution is -2.62. The predicted molar refractivity (Wildman–Crippen MR) is 177 cm³/mol. The Bertz CT molecular complexity index is 1440. The van der Waals surface area contributed by atoms with Crippen LogP contribution in [0.5, 0.6) is 0 Å². The monoisotopic (exact) mass is 703 g/mol. The highest BCUT2D eigenvalue weighted by atomic mass is 19.3. The molecule has 0 radical (unpaired) electrons. The van der Waals surface area contributed by atoms with Crippen molar-refractivity contribution in [2.24, 2.45) is 23.2 Å². The van der Waals surface area contributed by atoms with Crippen molar-refractivity contribution in [2.45, 2.75) is 134 Å². The minimum Gasteiger partial charge on any atom is -0.347 e. The molecule has 0 bridgehead atoms. The number of rotatable bonds is 13. The first-order chi connectivity index (χ1) is 23.6. The molecule has 5 N–H and O–H groups in total. The lowest BCUT2D eigenvalue weighted by molar-refractivity contribution is -0.146. The van der Waals surface area contributed by atoms with E-state index in [1.807, 2.05) is 0 Å². The van der Waals surface area contributed by atoms with E-state index >= 15 is 8.78 Å². The van der Waals surface area contributed by atoms with Gasteiger partial charge in [0.25, 0.3) is 17.7 Å². The highest BCUT2D eigenvalue weighted by molar-refractivity contribution is 6.38. The first kappa shape index (κ1) is 37.3. The number of halogens is 2. The number of fused-ring (bicyclic) bond motifs is 1. The molecule has 1 aliphatic heterocycles. The molecule has 50 heavy (non-hydrogen) atoms. The van der Waals surface area contributed by atoms with Crippen LogP contribution in [0.1, 0.15) is 109 Å². The lowest BCUT2D eigenvalue weighted by Gasteiger charge is -2.38. The molecule has 3 saturated carbocycles. The van der Waals surface area contributed by atoms with Crippen molar-refractivity contribution in [2.75, 3.05) is 6.54 Å². The van der Waals surface area contributed by atoms with Gasteiger partial charge in [-0.25, -0.2) is 13.8 Å². The van der Waals surface area contributed by atoms with Crippen molar-refractivity contribution in [3.63, 3.8) is 0 Å². The van der Waals surface area contributed by atoms with Crippen LogP contribution in [0, 0.1) is 23.2 Å². The molecule has 1 aromatic rings. The van der Waals surface area contributed by atoms with Gasteiger partial charge in [-0.15, -0.1) is 0 Å². The number of likely N-dealkylation sites (tertiary alicyclic amines) is 1. The summed E-state index contributed by atoms with van der Waals surface area (Å²) >= 11 is 0. The summed E-state index contributed by atoms with van der Waals surface area (Å²) in [6, 6.07) is -4.84. The highest BCUT2D eigenvalue weighted by Crippen LogP contribution is 2.51. The van der Waals surface area contributed by atoms with Gasteiger partial charge in [-0.2, -0.15) is 0 Å². The summed E-state index contributed by atoms with van der Waals surface area (Å²) in [5.41, 5.74) is -0.933. The van der Waals surface area contributed by atoms with Crippen LogP contribution in [0.15, 0.2) is 12.4 Å². The van der Waals surface area contributed by atoms with E-state index < -0.39 is 95.6 Å². The largest absolute Gasteiger partial charge is 0.347 e. The summed E-state index contributed by atoms with van der Waals surface area (Å²) in [4.78, 5) is 89.2. The number of ketones is 1. The number of carbonyl (C=O) groups is 6. The van der Waals surface area contributed by atoms with Gasteiger partial charge >= 0.3 is 0 Å². The Kier molecular flexibility index (Phi) is 11.3. The molecule has 6 atom stereocenters. The van der Waals surface area contributed by atoms with Crippen molar-refractivity contribution in [1.29, 1.82) is 0 Å². The molecule has 3 aliphatic carbocycles. The number of amides is 5. The summed E-state index contributed by atoms with van der Waals surface area (Å²) in [5, 5.41) is 10.9. The summed E-state index contributed by atoms with van der Waals surface area (Å²) in [5.74, 6) is -9.75. The number of hydrogen-bond donors (Lipinski definition) is 5. The van der Waals surface area contributed by atoms with E-state index in [2.05, 4.69) is 31.2 Å². The van der Waals surface area contributed by atoms with Crippen LogP contribution < -0.4 is 21.3 Å². The lowest BCUT2D eigenvalue weighted by atomic mass is 9.82. The second-order valence-electron chi connectivity index (χ2n) is 15.6. The molecule has 0 aromatic carbocycles. The molecule has 276 valence electrons. The molecule has 15 heteroatoms. The number of aromatic amines is 1. The minimum absolute atomic E-state index is 0.0107. The molecule has 5 rings (SSSR count). The Hall–Kier alpha value is -3.91. The van der Waals surface area contributed by atoms with Crippen LogP contribution in [-0.4, -0.2) is 92.9 Å². The van der Waals surface area contributed by atoms with Crippen LogP contribution in [-0.2, 0) is 24.0 Å². The Morgan fingerprint density at radius 2 is 1.70 bits per heavy atom. The Balaban J connectivity index is 1.39. The second kappa shape index (κ2) is 15.1. The zero-order chi connectivity index (χ0) is 36.4. The Morgan fingerprint density at radius 3 is 2.30 bits per heavy atom. The number of alkyl halides is 2. The zero-order valence-corrected chi connectivity index (χ0v) is 29.4. The van der Waals surface area contributed by atoms with Crippen LogP contribution >= 0.6 is 0 Å². The van der Waals surface area contributed by atoms with Crippen molar-refractivity contribution in [3.05, 3.63) is 18.2 Å². The maximum absolute atomic E-state index is 15.2. The molecule has 0 spiro atoms. The van der Waals surface area contributed by atoms with Gasteiger partial charge in [0.05, 0.1) is 6.04 Å². The summed E-state index contributed by atoms with van der Waals surface area (Å²) in [7, 11) is 0. The van der Waals surface area contributed by atoms with Gasteiger partial charge in [-0.3, -0.25) is 28.8 Å². The number of hydrogen-bond acceptors (Lipinski definition) is 7. The molecule has 1 aromatic heterocycles. The van der Waals surface area contributed by atoms with Gasteiger partial charge in [0.1, 0.15) is 18.1 Å². The van der Waals surface area contributed by atoms with Crippen LogP contribution in [0.2, 0.25) is 0 Å². The number of Topliss-reactive ketones (excluding diaryl/α,β-unsaturated/α-hetero) is 1. The predicted octanol–water partition coefficient (Wildman–Crippen LogP) is 2.62. The van der Waals surface area contributed by atoms with E-state index in [0.717, 1.165) is 37.0 Å². The van der Waals surface area contributed by atoms with Gasteiger partial charge in [0.2, 0.25) is 23.5 Å². The molecular weight excluding hydrogens is 652 g/mol. The van der Waals surface area contributed by atoms with E-state index in [4.69, 9.17) is 0 Å². The number of imidazole rings is 1. The zero-order valence-electron chi connectivity index (χ0n) is 29.4. The smallest absolute Gasteiger partial charge is 0.289 e. The standard InChI is InChI=1S/C35H51F2N7O6/c1-5-9-23(26(45)31(48)40-20-12-13-20)41-30(47)25-21-14-15-35(36,37)22(21)18-44(25)33(50)27(34(2,3)4)43-29(46)24(19-10-7-6-8-11-19)42-32(49)28-38-16-17-39-28/h16-17,19-25,27H,5-15,18H2,1-4H3,(H,38,39)(H,40,48)(H,41,47)(H,42,49)(H,43,46)/t21?,22?,23-,24-,25+,27-/m1/s1. The number of aromatic nitrogens is 2. The van der Waals surface area contributed by atoms with Crippen LogP contribution in [0.3, 0.4) is 0 Å². The van der Waals surface area contributed by atoms with Crippen molar-refractivity contribution in [3.8, 4) is 0 Å². The van der Waals surface area contributed by atoms with Crippen molar-refractivity contribution >= 4 is 35.3 Å². The fraction of sp³-hybridized carbons (Fsp3) is 0.743. The highest BCUT2D eigenvalue weighted by Gasteiger charge is 2.61. The molecule has 2 heterocycles. The summed E-state index contributed by atoms with van der Waals surface area (Å²) < 4.78 is 30.4. The van der Waals surface area contributed by atoms with Gasteiger partial charge in [-0.05, 0) is 55.8 Å². The van der Waals surface area contributed by atoms with E-state index in [1.54, 1.807) is 27.7 Å². The topological polar surface area (TPSA) is 182 Å². The van der Waals surface area contributed by atoms with Crippen LogP contribution in [0.4, 0.5) is 8.78 Å². The fourth-order valence-corrected chi connectivity index (χ4v) is 7.79. The second-order valence-corrected chi connectivity index (χ2v) is 15.6. The summed E-state index contributed by atoms with van der Waals surface area (Å²) in [6.45, 7) is 6.55. The van der Waals surface area contributed by atoms with Crippen LogP contribution in [0.25, 0.3) is 0 Å². The van der Waals surface area contributed by atoms with Crippen molar-refractivity contribution < 1.29 is 37.5 Å². The SMILES string of the molecule is CCC[C@@H](NC(=O)[C@@H]1C2CCC(F)(F)C2CN1C(=O)[C@@H](NC(=O)[C@H](NC(=O)c1ncc[nH]1)C1CCCCC1)C(C)(C)C)C(=O)C(=O)NC1CC1. The van der Waals surface area contributed by atoms with E-state index in [-0.39, 0.29) is 30.6 Å². The van der Waals surface area contributed by atoms with Gasteiger partial charge in [0.15, 0.2) is 5.82 Å². The van der Waals surface area contributed by atoms with E-state index in [9.17, 15) is 28.8 Å². The molecule has 4 fully saturated rings. The normalized spacial score (nSPS) is 25.2. The molecular formula is C35H51F2N7O6. The van der Waals surface area contributed by atoms with Gasteiger partial charge < -0.3 is 31.2 Å². The molecule has 5 amide bonds. The first-order valence-corrected chi connectivity index (χ1v) is 18.1. The number of carbonyl (C=O) groups excluding carboxylic acids is 6. The third-order valence-electron chi connectivity index (χ3n) is 10.7. The van der Waals surface area contributed by atoms with Gasteiger partial charge in [0, 0.05) is 37.3 Å². The average Bonchev–Trinajstić information content (AvgIpc) is 3.43. The molecule has 13 nitrogen and oxygen atoms in total.